The first kappa shape index (κ1) is 23.1. The van der Waals surface area contributed by atoms with Crippen molar-refractivity contribution in [3.63, 3.8) is 0 Å². The maximum Gasteiger partial charge on any atom is 0.243 e. The van der Waals surface area contributed by atoms with Crippen LogP contribution in [0, 0.1) is 0 Å². The van der Waals surface area contributed by atoms with Gasteiger partial charge in [-0.1, -0.05) is 26.7 Å². The third-order valence-corrected chi connectivity index (χ3v) is 8.48. The lowest BCUT2D eigenvalue weighted by Crippen LogP contribution is -2.41. The third-order valence-electron chi connectivity index (χ3n) is 5.42. The molecule has 2 amide bonds. The Morgan fingerprint density at radius 1 is 1.23 bits per heavy atom. The lowest BCUT2D eigenvalue weighted by Gasteiger charge is -2.27. The van der Waals surface area contributed by atoms with E-state index < -0.39 is 10.0 Å². The molecule has 7 nitrogen and oxygen atoms in total. The minimum Gasteiger partial charge on any atom is -0.355 e. The molecule has 0 saturated carbocycles. The summed E-state index contributed by atoms with van der Waals surface area (Å²) in [4.78, 5) is 27.8. The Labute approximate surface area is 183 Å². The van der Waals surface area contributed by atoms with Gasteiger partial charge < -0.3 is 10.2 Å². The summed E-state index contributed by atoms with van der Waals surface area (Å²) in [5, 5.41) is 2.89. The number of sulfonamides is 1. The van der Waals surface area contributed by atoms with E-state index in [-0.39, 0.29) is 28.5 Å². The van der Waals surface area contributed by atoms with E-state index in [1.807, 2.05) is 13.8 Å². The normalized spacial score (nSPS) is 20.5. The topological polar surface area (TPSA) is 86.8 Å². The van der Waals surface area contributed by atoms with Crippen LogP contribution < -0.4 is 10.2 Å². The Kier molecular flexibility index (Phi) is 7.81. The van der Waals surface area contributed by atoms with Crippen LogP contribution in [0.2, 0.25) is 0 Å². The first-order valence-corrected chi connectivity index (χ1v) is 13.0. The van der Waals surface area contributed by atoms with Crippen LogP contribution in [0.3, 0.4) is 0 Å². The second kappa shape index (κ2) is 10.2. The SMILES string of the molecule is CCCCNC(=O)CN1C(=O)CC(C)Sc2ccc(S(=O)(=O)N3CCCCC3)cc21. The minimum atomic E-state index is -3.62. The fraction of sp³-hybridized carbons (Fsp3) is 0.619. The van der Waals surface area contributed by atoms with E-state index in [2.05, 4.69) is 5.32 Å². The summed E-state index contributed by atoms with van der Waals surface area (Å²) in [5.41, 5.74) is 0.512. The molecule has 30 heavy (non-hydrogen) atoms. The molecule has 1 fully saturated rings. The summed E-state index contributed by atoms with van der Waals surface area (Å²) >= 11 is 1.54. The number of unbranched alkanes of at least 4 members (excludes halogenated alkanes) is 1. The molecule has 3 rings (SSSR count). The number of fused-ring (bicyclic) bond motifs is 1. The van der Waals surface area contributed by atoms with Crippen molar-refractivity contribution in [3.8, 4) is 0 Å². The molecular weight excluding hydrogens is 422 g/mol. The summed E-state index contributed by atoms with van der Waals surface area (Å²) < 4.78 is 27.8. The van der Waals surface area contributed by atoms with Crippen LogP contribution in [0.5, 0.6) is 0 Å². The van der Waals surface area contributed by atoms with Crippen molar-refractivity contribution in [2.75, 3.05) is 31.1 Å². The smallest absolute Gasteiger partial charge is 0.243 e. The maximum absolute atomic E-state index is 13.1. The molecule has 9 heteroatoms. The number of thioether (sulfide) groups is 1. The van der Waals surface area contributed by atoms with Gasteiger partial charge in [-0.15, -0.1) is 11.8 Å². The molecule has 1 aromatic carbocycles. The number of anilines is 1. The fourth-order valence-corrected chi connectivity index (χ4v) is 6.38. The van der Waals surface area contributed by atoms with E-state index in [0.717, 1.165) is 37.0 Å². The number of nitrogens with zero attached hydrogens (tertiary/aromatic N) is 2. The van der Waals surface area contributed by atoms with E-state index >= 15 is 0 Å². The van der Waals surface area contributed by atoms with Crippen LogP contribution in [0.25, 0.3) is 0 Å². The predicted octanol–water partition coefficient (Wildman–Crippen LogP) is 2.99. The first-order valence-electron chi connectivity index (χ1n) is 10.7. The molecule has 0 spiro atoms. The molecule has 0 bridgehead atoms. The average Bonchev–Trinajstić information content (AvgIpc) is 2.84. The van der Waals surface area contributed by atoms with Gasteiger partial charge in [-0.05, 0) is 37.5 Å². The zero-order chi connectivity index (χ0) is 21.7. The van der Waals surface area contributed by atoms with Gasteiger partial charge in [0.1, 0.15) is 6.54 Å². The number of hydrogen-bond acceptors (Lipinski definition) is 5. The van der Waals surface area contributed by atoms with E-state index in [4.69, 9.17) is 0 Å². The molecule has 2 aliphatic heterocycles. The van der Waals surface area contributed by atoms with Crippen molar-refractivity contribution in [2.24, 2.45) is 0 Å². The molecule has 0 aromatic heterocycles. The highest BCUT2D eigenvalue weighted by Gasteiger charge is 2.31. The summed E-state index contributed by atoms with van der Waals surface area (Å²) in [6.45, 7) is 5.52. The van der Waals surface area contributed by atoms with Gasteiger partial charge >= 0.3 is 0 Å². The Bertz CT molecular complexity index is 882. The number of carbonyl (C=O) groups is 2. The van der Waals surface area contributed by atoms with Gasteiger partial charge in [0.25, 0.3) is 0 Å². The lowest BCUT2D eigenvalue weighted by atomic mass is 10.2. The predicted molar refractivity (Wildman–Crippen MR) is 119 cm³/mol. The van der Waals surface area contributed by atoms with Crippen molar-refractivity contribution in [3.05, 3.63) is 18.2 Å². The van der Waals surface area contributed by atoms with E-state index in [1.54, 1.807) is 30.0 Å². The standard InChI is InChI=1S/C21H31N3O4S2/c1-3-4-10-22-20(25)15-24-18-14-17(30(27,28)23-11-6-5-7-12-23)8-9-19(18)29-16(2)13-21(24)26/h8-9,14,16H,3-7,10-13,15H2,1-2H3,(H,22,25). The van der Waals surface area contributed by atoms with E-state index in [0.29, 0.717) is 31.7 Å². The van der Waals surface area contributed by atoms with Gasteiger partial charge in [0, 0.05) is 36.2 Å². The number of hydrogen-bond donors (Lipinski definition) is 1. The number of nitrogens with one attached hydrogen (secondary N) is 1. The number of amides is 2. The number of benzene rings is 1. The van der Waals surface area contributed by atoms with Crippen LogP contribution in [0.1, 0.15) is 52.4 Å². The Balaban J connectivity index is 1.91. The lowest BCUT2D eigenvalue weighted by molar-refractivity contribution is -0.123. The summed E-state index contributed by atoms with van der Waals surface area (Å²) in [5.74, 6) is -0.390. The van der Waals surface area contributed by atoms with Crippen molar-refractivity contribution in [2.45, 2.75) is 67.4 Å². The summed E-state index contributed by atoms with van der Waals surface area (Å²) in [7, 11) is -3.62. The van der Waals surface area contributed by atoms with Crippen molar-refractivity contribution in [1.82, 2.24) is 9.62 Å². The molecule has 166 valence electrons. The molecule has 1 atom stereocenters. The van der Waals surface area contributed by atoms with Gasteiger partial charge in [0.05, 0.1) is 10.6 Å². The summed E-state index contributed by atoms with van der Waals surface area (Å²) in [6.07, 6.45) is 4.91. The fourth-order valence-electron chi connectivity index (χ4n) is 3.75. The van der Waals surface area contributed by atoms with Crippen molar-refractivity contribution >= 4 is 39.3 Å². The summed E-state index contributed by atoms with van der Waals surface area (Å²) in [6, 6.07) is 4.97. The second-order valence-corrected chi connectivity index (χ2v) is 11.3. The quantitative estimate of drug-likeness (QED) is 0.642. The Morgan fingerprint density at radius 3 is 2.67 bits per heavy atom. The van der Waals surface area contributed by atoms with E-state index in [1.165, 1.54) is 9.21 Å². The highest BCUT2D eigenvalue weighted by Crippen LogP contribution is 2.39. The molecule has 1 N–H and O–H groups in total. The highest BCUT2D eigenvalue weighted by molar-refractivity contribution is 8.00. The Morgan fingerprint density at radius 2 is 1.97 bits per heavy atom. The number of piperidine rings is 1. The highest BCUT2D eigenvalue weighted by atomic mass is 32.2. The van der Waals surface area contributed by atoms with Crippen LogP contribution >= 0.6 is 11.8 Å². The van der Waals surface area contributed by atoms with Gasteiger partial charge in [0.2, 0.25) is 21.8 Å². The maximum atomic E-state index is 13.1. The molecule has 2 heterocycles. The van der Waals surface area contributed by atoms with Gasteiger partial charge in [-0.2, -0.15) is 4.31 Å². The molecule has 0 aliphatic carbocycles. The molecule has 1 saturated heterocycles. The molecular formula is C21H31N3O4S2. The van der Waals surface area contributed by atoms with Crippen LogP contribution in [0.4, 0.5) is 5.69 Å². The zero-order valence-electron chi connectivity index (χ0n) is 17.7. The third kappa shape index (κ3) is 5.36. The van der Waals surface area contributed by atoms with Gasteiger partial charge in [-0.3, -0.25) is 9.59 Å². The van der Waals surface area contributed by atoms with Crippen molar-refractivity contribution < 1.29 is 18.0 Å². The average molecular weight is 454 g/mol. The minimum absolute atomic E-state index is 0.0500. The first-order chi connectivity index (χ1) is 14.3. The largest absolute Gasteiger partial charge is 0.355 e. The monoisotopic (exact) mass is 453 g/mol. The van der Waals surface area contributed by atoms with Gasteiger partial charge in [0.15, 0.2) is 0 Å². The molecule has 1 aromatic rings. The zero-order valence-corrected chi connectivity index (χ0v) is 19.4. The van der Waals surface area contributed by atoms with Crippen molar-refractivity contribution in [1.29, 1.82) is 0 Å². The van der Waals surface area contributed by atoms with Crippen LogP contribution in [-0.4, -0.2) is 56.0 Å². The van der Waals surface area contributed by atoms with Crippen LogP contribution in [0.15, 0.2) is 28.0 Å². The number of carbonyl (C=O) groups excluding carboxylic acids is 2. The van der Waals surface area contributed by atoms with Crippen LogP contribution in [-0.2, 0) is 19.6 Å². The second-order valence-electron chi connectivity index (χ2n) is 7.91. The van der Waals surface area contributed by atoms with E-state index in [9.17, 15) is 18.0 Å². The van der Waals surface area contributed by atoms with Gasteiger partial charge in [-0.25, -0.2) is 8.42 Å². The molecule has 1 unspecified atom stereocenters. The molecule has 0 radical (unpaired) electrons. The number of rotatable bonds is 7. The molecule has 2 aliphatic rings. The Hall–Kier alpha value is -1.58.